The van der Waals surface area contributed by atoms with Crippen molar-refractivity contribution in [1.29, 1.82) is 0 Å². The SMILES string of the molecule is Cc1ccc(CN2CCCCC2CCO)nc1. The van der Waals surface area contributed by atoms with E-state index < -0.39 is 0 Å². The number of rotatable bonds is 4. The molecule has 1 unspecified atom stereocenters. The molecule has 0 saturated carbocycles. The van der Waals surface area contributed by atoms with Gasteiger partial charge in [-0.05, 0) is 44.4 Å². The highest BCUT2D eigenvalue weighted by atomic mass is 16.3. The van der Waals surface area contributed by atoms with E-state index in [1.165, 1.54) is 24.8 Å². The first-order chi connectivity index (χ1) is 8.29. The van der Waals surface area contributed by atoms with Crippen molar-refractivity contribution >= 4 is 0 Å². The molecular formula is C14H22N2O. The van der Waals surface area contributed by atoms with Crippen molar-refractivity contribution < 1.29 is 5.11 Å². The van der Waals surface area contributed by atoms with Crippen LogP contribution < -0.4 is 0 Å². The molecule has 94 valence electrons. The van der Waals surface area contributed by atoms with Gasteiger partial charge in [0.15, 0.2) is 0 Å². The first-order valence-electron chi connectivity index (χ1n) is 6.56. The van der Waals surface area contributed by atoms with Crippen LogP contribution in [0.3, 0.4) is 0 Å². The van der Waals surface area contributed by atoms with Crippen molar-refractivity contribution in [3.63, 3.8) is 0 Å². The molecule has 0 aromatic carbocycles. The second-order valence-corrected chi connectivity index (χ2v) is 4.96. The zero-order valence-corrected chi connectivity index (χ0v) is 10.6. The summed E-state index contributed by atoms with van der Waals surface area (Å²) in [4.78, 5) is 6.93. The number of aryl methyl sites for hydroxylation is 1. The van der Waals surface area contributed by atoms with Crippen molar-refractivity contribution in [2.24, 2.45) is 0 Å². The predicted molar refractivity (Wildman–Crippen MR) is 68.7 cm³/mol. The second-order valence-electron chi connectivity index (χ2n) is 4.96. The fourth-order valence-corrected chi connectivity index (χ4v) is 2.54. The monoisotopic (exact) mass is 234 g/mol. The Morgan fingerprint density at radius 3 is 3.00 bits per heavy atom. The summed E-state index contributed by atoms with van der Waals surface area (Å²) in [5.41, 5.74) is 2.35. The van der Waals surface area contributed by atoms with E-state index in [-0.39, 0.29) is 0 Å². The van der Waals surface area contributed by atoms with Crippen molar-refractivity contribution in [2.45, 2.75) is 45.2 Å². The van der Waals surface area contributed by atoms with Crippen LogP contribution in [-0.4, -0.2) is 34.2 Å². The number of aliphatic hydroxyl groups is 1. The fraction of sp³-hybridized carbons (Fsp3) is 0.643. The van der Waals surface area contributed by atoms with Gasteiger partial charge in [0.05, 0.1) is 5.69 Å². The van der Waals surface area contributed by atoms with Crippen molar-refractivity contribution in [3.05, 3.63) is 29.6 Å². The van der Waals surface area contributed by atoms with E-state index in [0.29, 0.717) is 12.6 Å². The van der Waals surface area contributed by atoms with Crippen LogP contribution in [-0.2, 0) is 6.54 Å². The standard InChI is InChI=1S/C14H22N2O/c1-12-5-6-13(15-10-12)11-16-8-3-2-4-14(16)7-9-17/h5-6,10,14,17H,2-4,7-9,11H2,1H3. The average molecular weight is 234 g/mol. The number of hydrogen-bond acceptors (Lipinski definition) is 3. The molecule has 3 nitrogen and oxygen atoms in total. The van der Waals surface area contributed by atoms with Crippen molar-refractivity contribution in [2.75, 3.05) is 13.2 Å². The number of piperidine rings is 1. The molecule has 0 spiro atoms. The summed E-state index contributed by atoms with van der Waals surface area (Å²) >= 11 is 0. The normalized spacial score (nSPS) is 21.6. The lowest BCUT2D eigenvalue weighted by molar-refractivity contribution is 0.111. The topological polar surface area (TPSA) is 36.4 Å². The molecule has 2 heterocycles. The largest absolute Gasteiger partial charge is 0.396 e. The summed E-state index contributed by atoms with van der Waals surface area (Å²) < 4.78 is 0. The van der Waals surface area contributed by atoms with Gasteiger partial charge in [-0.15, -0.1) is 0 Å². The van der Waals surface area contributed by atoms with Crippen LogP contribution in [0.1, 0.15) is 36.9 Å². The van der Waals surface area contributed by atoms with E-state index in [4.69, 9.17) is 5.11 Å². The number of aromatic nitrogens is 1. The molecule has 0 bridgehead atoms. The third-order valence-electron chi connectivity index (χ3n) is 3.55. The Balaban J connectivity index is 1.97. The van der Waals surface area contributed by atoms with Gasteiger partial charge < -0.3 is 5.11 Å². The zero-order chi connectivity index (χ0) is 12.1. The Morgan fingerprint density at radius 1 is 1.41 bits per heavy atom. The van der Waals surface area contributed by atoms with Crippen LogP contribution in [0.25, 0.3) is 0 Å². The highest BCUT2D eigenvalue weighted by molar-refractivity contribution is 5.12. The number of aliphatic hydroxyl groups excluding tert-OH is 1. The Morgan fingerprint density at radius 2 is 2.29 bits per heavy atom. The lowest BCUT2D eigenvalue weighted by Gasteiger charge is -2.35. The first-order valence-corrected chi connectivity index (χ1v) is 6.56. The highest BCUT2D eigenvalue weighted by Gasteiger charge is 2.21. The predicted octanol–water partition coefficient (Wildman–Crippen LogP) is 2.13. The summed E-state index contributed by atoms with van der Waals surface area (Å²) in [5, 5.41) is 9.10. The molecular weight excluding hydrogens is 212 g/mol. The summed E-state index contributed by atoms with van der Waals surface area (Å²) in [6, 6.07) is 4.77. The third-order valence-corrected chi connectivity index (χ3v) is 3.55. The number of hydrogen-bond donors (Lipinski definition) is 1. The minimum atomic E-state index is 0.294. The average Bonchev–Trinajstić information content (AvgIpc) is 2.35. The van der Waals surface area contributed by atoms with E-state index in [2.05, 4.69) is 28.9 Å². The van der Waals surface area contributed by atoms with Crippen molar-refractivity contribution in [1.82, 2.24) is 9.88 Å². The van der Waals surface area contributed by atoms with Crippen LogP contribution in [0.15, 0.2) is 18.3 Å². The lowest BCUT2D eigenvalue weighted by atomic mass is 9.99. The van der Waals surface area contributed by atoms with Gasteiger partial charge in [0.1, 0.15) is 0 Å². The Labute approximate surface area is 103 Å². The Bertz CT molecular complexity index is 335. The van der Waals surface area contributed by atoms with Crippen LogP contribution in [0.2, 0.25) is 0 Å². The molecule has 17 heavy (non-hydrogen) atoms. The van der Waals surface area contributed by atoms with Gasteiger partial charge in [-0.2, -0.15) is 0 Å². The molecule has 1 aliphatic heterocycles. The molecule has 1 aromatic rings. The number of pyridine rings is 1. The summed E-state index contributed by atoms with van der Waals surface area (Å²) in [6.45, 7) is 4.42. The van der Waals surface area contributed by atoms with E-state index in [1.807, 2.05) is 6.20 Å². The minimum absolute atomic E-state index is 0.294. The number of nitrogens with zero attached hydrogens (tertiary/aromatic N) is 2. The third kappa shape index (κ3) is 3.51. The van der Waals surface area contributed by atoms with E-state index in [0.717, 1.165) is 25.2 Å². The molecule has 1 fully saturated rings. The van der Waals surface area contributed by atoms with E-state index in [9.17, 15) is 0 Å². The van der Waals surface area contributed by atoms with Crippen LogP contribution >= 0.6 is 0 Å². The fourth-order valence-electron chi connectivity index (χ4n) is 2.54. The molecule has 3 heteroatoms. The second kappa shape index (κ2) is 6.12. The van der Waals surface area contributed by atoms with Gasteiger partial charge in [0, 0.05) is 25.4 Å². The molecule has 0 amide bonds. The number of likely N-dealkylation sites (tertiary alicyclic amines) is 1. The molecule has 1 aliphatic rings. The van der Waals surface area contributed by atoms with Gasteiger partial charge in [0.2, 0.25) is 0 Å². The maximum atomic E-state index is 9.10. The molecule has 1 aromatic heterocycles. The molecule has 0 aliphatic carbocycles. The summed E-state index contributed by atoms with van der Waals surface area (Å²) in [7, 11) is 0. The molecule has 1 saturated heterocycles. The van der Waals surface area contributed by atoms with Gasteiger partial charge in [-0.25, -0.2) is 0 Å². The van der Waals surface area contributed by atoms with E-state index in [1.54, 1.807) is 0 Å². The molecule has 1 atom stereocenters. The zero-order valence-electron chi connectivity index (χ0n) is 10.6. The van der Waals surface area contributed by atoms with Crippen LogP contribution in [0.5, 0.6) is 0 Å². The molecule has 2 rings (SSSR count). The molecule has 0 radical (unpaired) electrons. The van der Waals surface area contributed by atoms with Crippen molar-refractivity contribution in [3.8, 4) is 0 Å². The highest BCUT2D eigenvalue weighted by Crippen LogP contribution is 2.21. The van der Waals surface area contributed by atoms with Gasteiger partial charge in [-0.1, -0.05) is 12.5 Å². The lowest BCUT2D eigenvalue weighted by Crippen LogP contribution is -2.39. The quantitative estimate of drug-likeness (QED) is 0.867. The smallest absolute Gasteiger partial charge is 0.0544 e. The maximum Gasteiger partial charge on any atom is 0.0544 e. The Hall–Kier alpha value is -0.930. The minimum Gasteiger partial charge on any atom is -0.396 e. The summed E-state index contributed by atoms with van der Waals surface area (Å²) in [5.74, 6) is 0. The maximum absolute atomic E-state index is 9.10. The first kappa shape index (κ1) is 12.5. The van der Waals surface area contributed by atoms with Gasteiger partial charge in [0.25, 0.3) is 0 Å². The van der Waals surface area contributed by atoms with Gasteiger partial charge >= 0.3 is 0 Å². The summed E-state index contributed by atoms with van der Waals surface area (Å²) in [6.07, 6.45) is 6.61. The van der Waals surface area contributed by atoms with Crippen LogP contribution in [0.4, 0.5) is 0 Å². The van der Waals surface area contributed by atoms with Gasteiger partial charge in [-0.3, -0.25) is 9.88 Å². The Kier molecular flexibility index (Phi) is 4.51. The molecule has 1 N–H and O–H groups in total. The van der Waals surface area contributed by atoms with E-state index >= 15 is 0 Å². The van der Waals surface area contributed by atoms with Crippen LogP contribution in [0, 0.1) is 6.92 Å².